The average molecular weight is 338 g/mol. The number of halogens is 3. The molecule has 0 aliphatic rings. The highest BCUT2D eigenvalue weighted by Crippen LogP contribution is 2.40. The van der Waals surface area contributed by atoms with E-state index in [-0.39, 0.29) is 6.54 Å². The lowest BCUT2D eigenvalue weighted by Crippen LogP contribution is -2.53. The fraction of sp³-hybridized carbons (Fsp3) is 0.188. The molecule has 7 heteroatoms. The summed E-state index contributed by atoms with van der Waals surface area (Å²) in [5.74, 6) is 0. The number of nitrogens with zero attached hydrogens (tertiary/aromatic N) is 1. The largest absolute Gasteiger partial charge is 0.438 e. The van der Waals surface area contributed by atoms with Crippen LogP contribution in [0.15, 0.2) is 54.6 Å². The van der Waals surface area contributed by atoms with Gasteiger partial charge in [0.2, 0.25) is 0 Å². The molecule has 0 spiro atoms. The number of thiazole rings is 1. The number of nitrogens with one attached hydrogen (secondary N) is 1. The molecule has 0 aliphatic carbocycles. The minimum absolute atomic E-state index is 0.132. The van der Waals surface area contributed by atoms with Gasteiger partial charge in [0, 0.05) is 6.54 Å². The number of aliphatic hydroxyl groups is 1. The first-order valence-electron chi connectivity index (χ1n) is 6.84. The van der Waals surface area contributed by atoms with Gasteiger partial charge in [-0.25, -0.2) is 4.98 Å². The molecule has 0 saturated carbocycles. The van der Waals surface area contributed by atoms with Crippen LogP contribution in [0.2, 0.25) is 0 Å². The molecule has 0 amide bonds. The highest BCUT2D eigenvalue weighted by Gasteiger charge is 2.57. The SMILES string of the molecule is OC(NCc1ccccc1)(c1nc2ccccc2s1)C(F)(F)F. The van der Waals surface area contributed by atoms with Crippen molar-refractivity contribution in [1.82, 2.24) is 10.3 Å². The van der Waals surface area contributed by atoms with Gasteiger partial charge in [0.25, 0.3) is 5.72 Å². The van der Waals surface area contributed by atoms with Crippen LogP contribution in [0.4, 0.5) is 13.2 Å². The molecule has 1 heterocycles. The van der Waals surface area contributed by atoms with Crippen LogP contribution in [0.5, 0.6) is 0 Å². The van der Waals surface area contributed by atoms with Gasteiger partial charge in [-0.2, -0.15) is 13.2 Å². The fourth-order valence-electron chi connectivity index (χ4n) is 2.15. The van der Waals surface area contributed by atoms with E-state index in [0.29, 0.717) is 15.8 Å². The van der Waals surface area contributed by atoms with E-state index in [2.05, 4.69) is 10.3 Å². The van der Waals surface area contributed by atoms with Crippen molar-refractivity contribution in [3.05, 3.63) is 65.2 Å². The summed E-state index contributed by atoms with van der Waals surface area (Å²) in [5.41, 5.74) is -2.13. The lowest BCUT2D eigenvalue weighted by molar-refractivity contribution is -0.280. The summed E-state index contributed by atoms with van der Waals surface area (Å²) in [6.45, 7) is -0.132. The van der Waals surface area contributed by atoms with Crippen molar-refractivity contribution in [2.24, 2.45) is 0 Å². The zero-order valence-electron chi connectivity index (χ0n) is 11.8. The Morgan fingerprint density at radius 3 is 2.30 bits per heavy atom. The number of rotatable bonds is 4. The standard InChI is InChI=1S/C16H13F3N2OS/c17-16(18,19)15(22,20-10-11-6-2-1-3-7-11)14-21-12-8-4-5-9-13(12)23-14/h1-9,20,22H,10H2. The molecule has 0 bridgehead atoms. The van der Waals surface area contributed by atoms with Crippen LogP contribution < -0.4 is 5.32 Å². The van der Waals surface area contributed by atoms with Crippen molar-refractivity contribution in [2.75, 3.05) is 0 Å². The minimum atomic E-state index is -4.89. The van der Waals surface area contributed by atoms with Crippen LogP contribution in [0.25, 0.3) is 10.2 Å². The predicted molar refractivity (Wildman–Crippen MR) is 82.9 cm³/mol. The molecule has 120 valence electrons. The van der Waals surface area contributed by atoms with E-state index in [1.54, 1.807) is 54.6 Å². The van der Waals surface area contributed by atoms with Crippen molar-refractivity contribution < 1.29 is 18.3 Å². The van der Waals surface area contributed by atoms with Gasteiger partial charge in [0.05, 0.1) is 10.2 Å². The van der Waals surface area contributed by atoms with Gasteiger partial charge in [0.15, 0.2) is 5.01 Å². The average Bonchev–Trinajstić information content (AvgIpc) is 2.97. The third-order valence-electron chi connectivity index (χ3n) is 3.40. The van der Waals surface area contributed by atoms with Gasteiger partial charge in [-0.15, -0.1) is 11.3 Å². The molecule has 0 aliphatic heterocycles. The molecule has 1 atom stereocenters. The van der Waals surface area contributed by atoms with E-state index in [9.17, 15) is 18.3 Å². The third-order valence-corrected chi connectivity index (χ3v) is 4.55. The number of alkyl halides is 3. The Morgan fingerprint density at radius 1 is 1.00 bits per heavy atom. The molecule has 3 rings (SSSR count). The molecule has 2 aromatic carbocycles. The monoisotopic (exact) mass is 338 g/mol. The summed E-state index contributed by atoms with van der Waals surface area (Å²) < 4.78 is 41.0. The number of hydrogen-bond donors (Lipinski definition) is 2. The molecule has 1 unspecified atom stereocenters. The van der Waals surface area contributed by atoms with Crippen LogP contribution in [-0.4, -0.2) is 16.3 Å². The topological polar surface area (TPSA) is 45.1 Å². The summed E-state index contributed by atoms with van der Waals surface area (Å²) in [6.07, 6.45) is -4.89. The number of fused-ring (bicyclic) bond motifs is 1. The fourth-order valence-corrected chi connectivity index (χ4v) is 3.20. The van der Waals surface area contributed by atoms with Gasteiger partial charge in [-0.05, 0) is 17.7 Å². The van der Waals surface area contributed by atoms with Gasteiger partial charge in [-0.3, -0.25) is 5.32 Å². The normalized spacial score (nSPS) is 14.8. The Hall–Kier alpha value is -1.96. The van der Waals surface area contributed by atoms with Gasteiger partial charge >= 0.3 is 6.18 Å². The Labute approximate surface area is 134 Å². The Balaban J connectivity index is 1.96. The van der Waals surface area contributed by atoms with E-state index in [4.69, 9.17) is 0 Å². The van der Waals surface area contributed by atoms with Gasteiger partial charge < -0.3 is 5.11 Å². The predicted octanol–water partition coefficient (Wildman–Crippen LogP) is 3.79. The molecule has 1 aromatic heterocycles. The molecule has 3 aromatic rings. The van der Waals surface area contributed by atoms with Gasteiger partial charge in [0.1, 0.15) is 0 Å². The second-order valence-electron chi connectivity index (χ2n) is 5.03. The second kappa shape index (κ2) is 5.92. The molecular weight excluding hydrogens is 325 g/mol. The smallest absolute Gasteiger partial charge is 0.362 e. The Morgan fingerprint density at radius 2 is 1.65 bits per heavy atom. The van der Waals surface area contributed by atoms with Crippen LogP contribution in [0.3, 0.4) is 0 Å². The lowest BCUT2D eigenvalue weighted by atomic mass is 10.1. The molecular formula is C16H13F3N2OS. The Kier molecular flexibility index (Phi) is 4.09. The van der Waals surface area contributed by atoms with Crippen LogP contribution in [0.1, 0.15) is 10.6 Å². The van der Waals surface area contributed by atoms with E-state index < -0.39 is 16.9 Å². The molecule has 0 fully saturated rings. The summed E-state index contributed by atoms with van der Waals surface area (Å²) in [4.78, 5) is 3.95. The first-order valence-corrected chi connectivity index (χ1v) is 7.66. The molecule has 0 saturated heterocycles. The van der Waals surface area contributed by atoms with Crippen LogP contribution >= 0.6 is 11.3 Å². The van der Waals surface area contributed by atoms with E-state index in [1.165, 1.54) is 0 Å². The van der Waals surface area contributed by atoms with Crippen molar-refractivity contribution in [1.29, 1.82) is 0 Å². The summed E-state index contributed by atoms with van der Waals surface area (Å²) in [7, 11) is 0. The second-order valence-corrected chi connectivity index (χ2v) is 6.06. The molecule has 0 radical (unpaired) electrons. The van der Waals surface area contributed by atoms with E-state index in [0.717, 1.165) is 11.3 Å². The van der Waals surface area contributed by atoms with Crippen LogP contribution in [0, 0.1) is 0 Å². The van der Waals surface area contributed by atoms with Crippen LogP contribution in [-0.2, 0) is 12.3 Å². The zero-order valence-corrected chi connectivity index (χ0v) is 12.7. The maximum Gasteiger partial charge on any atom is 0.438 e. The summed E-state index contributed by atoms with van der Waals surface area (Å²) >= 11 is 0.823. The molecule has 23 heavy (non-hydrogen) atoms. The maximum absolute atomic E-state index is 13.5. The number of para-hydroxylation sites is 1. The summed E-state index contributed by atoms with van der Waals surface area (Å²) in [6, 6.07) is 15.3. The number of hydrogen-bond acceptors (Lipinski definition) is 4. The van der Waals surface area contributed by atoms with Crippen molar-refractivity contribution in [2.45, 2.75) is 18.4 Å². The maximum atomic E-state index is 13.5. The highest BCUT2D eigenvalue weighted by molar-refractivity contribution is 7.18. The zero-order chi connectivity index (χ0) is 16.5. The number of aromatic nitrogens is 1. The van der Waals surface area contributed by atoms with Gasteiger partial charge in [-0.1, -0.05) is 42.5 Å². The first-order chi connectivity index (χ1) is 10.9. The summed E-state index contributed by atoms with van der Waals surface area (Å²) in [5, 5.41) is 12.1. The molecule has 3 nitrogen and oxygen atoms in total. The third kappa shape index (κ3) is 3.08. The first kappa shape index (κ1) is 15.9. The van der Waals surface area contributed by atoms with Crippen molar-refractivity contribution in [3.8, 4) is 0 Å². The van der Waals surface area contributed by atoms with E-state index in [1.807, 2.05) is 0 Å². The Bertz CT molecular complexity index is 771. The van der Waals surface area contributed by atoms with Crippen molar-refractivity contribution in [3.63, 3.8) is 0 Å². The molecule has 2 N–H and O–H groups in total. The lowest BCUT2D eigenvalue weighted by Gasteiger charge is -2.29. The quantitative estimate of drug-likeness (QED) is 0.712. The number of benzene rings is 2. The minimum Gasteiger partial charge on any atom is -0.362 e. The van der Waals surface area contributed by atoms with E-state index >= 15 is 0 Å². The van der Waals surface area contributed by atoms with Crippen molar-refractivity contribution >= 4 is 21.6 Å². The highest BCUT2D eigenvalue weighted by atomic mass is 32.1.